The predicted octanol–water partition coefficient (Wildman–Crippen LogP) is 1.23. The molecular formula is C11H15N3O3. The number of nitrogens with one attached hydrogen (secondary N) is 1. The van der Waals surface area contributed by atoms with Gasteiger partial charge in [-0.3, -0.25) is 10.1 Å². The van der Waals surface area contributed by atoms with E-state index in [-0.39, 0.29) is 17.8 Å². The molecule has 0 spiro atoms. The Morgan fingerprint density at radius 2 is 1.88 bits per heavy atom. The molecule has 1 amide bonds. The maximum atomic E-state index is 11.7. The molecular weight excluding hydrogens is 222 g/mol. The number of amides is 1. The van der Waals surface area contributed by atoms with E-state index >= 15 is 0 Å². The molecule has 0 atom stereocenters. The Balaban J connectivity index is 2.10. The molecule has 0 radical (unpaired) electrons. The van der Waals surface area contributed by atoms with Crippen LogP contribution in [0.4, 0.5) is 5.95 Å². The third-order valence-electron chi connectivity index (χ3n) is 2.81. The maximum absolute atomic E-state index is 11.7. The van der Waals surface area contributed by atoms with E-state index in [9.17, 15) is 4.79 Å². The lowest BCUT2D eigenvalue weighted by Gasteiger charge is -2.23. The zero-order valence-corrected chi connectivity index (χ0v) is 9.90. The van der Waals surface area contributed by atoms with Crippen LogP contribution in [-0.4, -0.2) is 30.1 Å². The van der Waals surface area contributed by atoms with E-state index in [1.807, 2.05) is 0 Å². The van der Waals surface area contributed by atoms with Crippen LogP contribution in [0.5, 0.6) is 11.8 Å². The van der Waals surface area contributed by atoms with E-state index < -0.39 is 0 Å². The van der Waals surface area contributed by atoms with Gasteiger partial charge in [-0.2, -0.15) is 9.97 Å². The number of nitrogens with zero attached hydrogens (tertiary/aromatic N) is 2. The van der Waals surface area contributed by atoms with Crippen molar-refractivity contribution in [3.8, 4) is 11.8 Å². The number of hydrogen-bond acceptors (Lipinski definition) is 5. The number of carbonyl (C=O) groups excluding carboxylic acids is 1. The van der Waals surface area contributed by atoms with Crippen LogP contribution in [-0.2, 0) is 4.79 Å². The van der Waals surface area contributed by atoms with Gasteiger partial charge in [0.25, 0.3) is 0 Å². The molecule has 6 heteroatoms. The topological polar surface area (TPSA) is 73.3 Å². The molecule has 1 aromatic rings. The summed E-state index contributed by atoms with van der Waals surface area (Å²) in [6.45, 7) is 0. The van der Waals surface area contributed by atoms with Gasteiger partial charge in [-0.15, -0.1) is 0 Å². The zero-order valence-electron chi connectivity index (χ0n) is 9.90. The van der Waals surface area contributed by atoms with Crippen molar-refractivity contribution in [1.82, 2.24) is 9.97 Å². The van der Waals surface area contributed by atoms with E-state index in [0.29, 0.717) is 11.8 Å². The number of aromatic nitrogens is 2. The largest absolute Gasteiger partial charge is 0.481 e. The summed E-state index contributed by atoms with van der Waals surface area (Å²) in [5.41, 5.74) is 0. The highest BCUT2D eigenvalue weighted by Gasteiger charge is 2.25. The summed E-state index contributed by atoms with van der Waals surface area (Å²) in [6.07, 6.45) is 2.99. The van der Waals surface area contributed by atoms with Crippen molar-refractivity contribution in [2.45, 2.75) is 19.3 Å². The lowest BCUT2D eigenvalue weighted by atomic mass is 9.85. The first kappa shape index (κ1) is 11.6. The molecule has 0 unspecified atom stereocenters. The van der Waals surface area contributed by atoms with Gasteiger partial charge in [0.2, 0.25) is 23.6 Å². The van der Waals surface area contributed by atoms with Crippen LogP contribution in [0.1, 0.15) is 19.3 Å². The Hall–Kier alpha value is -1.85. The first-order chi connectivity index (χ1) is 8.22. The fourth-order valence-corrected chi connectivity index (χ4v) is 1.55. The van der Waals surface area contributed by atoms with Gasteiger partial charge in [-0.1, -0.05) is 6.42 Å². The molecule has 0 aliphatic heterocycles. The average molecular weight is 237 g/mol. The van der Waals surface area contributed by atoms with E-state index in [1.165, 1.54) is 14.2 Å². The van der Waals surface area contributed by atoms with Crippen LogP contribution in [0.2, 0.25) is 0 Å². The molecule has 0 saturated heterocycles. The van der Waals surface area contributed by atoms with Gasteiger partial charge in [0.1, 0.15) is 0 Å². The van der Waals surface area contributed by atoms with Crippen molar-refractivity contribution in [2.24, 2.45) is 5.92 Å². The van der Waals surface area contributed by atoms with Crippen LogP contribution in [0.25, 0.3) is 0 Å². The Bertz CT molecular complexity index is 396. The van der Waals surface area contributed by atoms with E-state index in [2.05, 4.69) is 15.3 Å². The number of ether oxygens (including phenoxy) is 2. The van der Waals surface area contributed by atoms with Crippen molar-refractivity contribution in [3.05, 3.63) is 6.07 Å². The van der Waals surface area contributed by atoms with Gasteiger partial charge >= 0.3 is 0 Å². The fraction of sp³-hybridized carbons (Fsp3) is 0.545. The Morgan fingerprint density at radius 1 is 1.29 bits per heavy atom. The normalized spacial score (nSPS) is 14.9. The van der Waals surface area contributed by atoms with Gasteiger partial charge in [0, 0.05) is 5.92 Å². The highest BCUT2D eigenvalue weighted by Crippen LogP contribution is 2.27. The van der Waals surface area contributed by atoms with Gasteiger partial charge < -0.3 is 9.47 Å². The number of rotatable bonds is 4. The highest BCUT2D eigenvalue weighted by atomic mass is 16.5. The van der Waals surface area contributed by atoms with Crippen molar-refractivity contribution in [1.29, 1.82) is 0 Å². The second-order valence-corrected chi connectivity index (χ2v) is 3.89. The summed E-state index contributed by atoms with van der Waals surface area (Å²) in [4.78, 5) is 19.8. The highest BCUT2D eigenvalue weighted by molar-refractivity contribution is 5.91. The van der Waals surface area contributed by atoms with Crippen molar-refractivity contribution in [3.63, 3.8) is 0 Å². The molecule has 1 aromatic heterocycles. The van der Waals surface area contributed by atoms with Crippen molar-refractivity contribution < 1.29 is 14.3 Å². The SMILES string of the molecule is COc1cc(OC)nc(NC(=O)C2CCC2)n1. The summed E-state index contributed by atoms with van der Waals surface area (Å²) >= 11 is 0. The zero-order chi connectivity index (χ0) is 12.3. The second-order valence-electron chi connectivity index (χ2n) is 3.89. The number of anilines is 1. The van der Waals surface area contributed by atoms with Gasteiger partial charge in [-0.25, -0.2) is 0 Å². The Morgan fingerprint density at radius 3 is 2.29 bits per heavy atom. The molecule has 0 aromatic carbocycles. The molecule has 1 saturated carbocycles. The molecule has 92 valence electrons. The molecule has 1 aliphatic carbocycles. The summed E-state index contributed by atoms with van der Waals surface area (Å²) in [5.74, 6) is 1.00. The van der Waals surface area contributed by atoms with Crippen molar-refractivity contribution in [2.75, 3.05) is 19.5 Å². The summed E-state index contributed by atoms with van der Waals surface area (Å²) < 4.78 is 9.99. The van der Waals surface area contributed by atoms with Crippen molar-refractivity contribution >= 4 is 11.9 Å². The first-order valence-electron chi connectivity index (χ1n) is 5.51. The number of carbonyl (C=O) groups is 1. The molecule has 6 nitrogen and oxygen atoms in total. The lowest BCUT2D eigenvalue weighted by Crippen LogP contribution is -2.28. The van der Waals surface area contributed by atoms with Crippen LogP contribution >= 0.6 is 0 Å². The van der Waals surface area contributed by atoms with Gasteiger partial charge in [-0.05, 0) is 12.8 Å². The molecule has 1 aliphatic rings. The standard InChI is InChI=1S/C11H15N3O3/c1-16-8-6-9(17-2)13-11(12-8)14-10(15)7-4-3-5-7/h6-7H,3-5H2,1-2H3,(H,12,13,14,15). The number of methoxy groups -OCH3 is 2. The predicted molar refractivity (Wildman–Crippen MR) is 61.1 cm³/mol. The minimum absolute atomic E-state index is 0.0356. The van der Waals surface area contributed by atoms with Crippen LogP contribution < -0.4 is 14.8 Å². The number of hydrogen-bond donors (Lipinski definition) is 1. The Kier molecular flexibility index (Phi) is 3.41. The third-order valence-corrected chi connectivity index (χ3v) is 2.81. The molecule has 1 heterocycles. The molecule has 1 fully saturated rings. The average Bonchev–Trinajstić information content (AvgIpc) is 2.25. The summed E-state index contributed by atoms with van der Waals surface area (Å²) in [7, 11) is 3.00. The van der Waals surface area contributed by atoms with Crippen LogP contribution in [0.15, 0.2) is 6.07 Å². The minimum Gasteiger partial charge on any atom is -0.481 e. The summed E-state index contributed by atoms with van der Waals surface area (Å²) in [5, 5.41) is 2.67. The van der Waals surface area contributed by atoms with Crippen LogP contribution in [0.3, 0.4) is 0 Å². The quantitative estimate of drug-likeness (QED) is 0.852. The summed E-state index contributed by atoms with van der Waals surface area (Å²) in [6, 6.07) is 1.55. The molecule has 0 bridgehead atoms. The smallest absolute Gasteiger partial charge is 0.236 e. The molecule has 2 rings (SSSR count). The Labute approximate surface area is 99.4 Å². The molecule has 17 heavy (non-hydrogen) atoms. The third kappa shape index (κ3) is 2.64. The van der Waals surface area contributed by atoms with E-state index in [4.69, 9.17) is 9.47 Å². The first-order valence-corrected chi connectivity index (χ1v) is 5.51. The van der Waals surface area contributed by atoms with E-state index in [0.717, 1.165) is 19.3 Å². The van der Waals surface area contributed by atoms with Gasteiger partial charge in [0.05, 0.1) is 20.3 Å². The molecule has 1 N–H and O–H groups in total. The second kappa shape index (κ2) is 4.99. The monoisotopic (exact) mass is 237 g/mol. The fourth-order valence-electron chi connectivity index (χ4n) is 1.55. The van der Waals surface area contributed by atoms with Gasteiger partial charge in [0.15, 0.2) is 0 Å². The van der Waals surface area contributed by atoms with Crippen LogP contribution in [0, 0.1) is 5.92 Å². The lowest BCUT2D eigenvalue weighted by molar-refractivity contribution is -0.122. The van der Waals surface area contributed by atoms with E-state index in [1.54, 1.807) is 6.07 Å². The maximum Gasteiger partial charge on any atom is 0.236 e. The minimum atomic E-state index is -0.0356.